The number of benzene rings is 1. The summed E-state index contributed by atoms with van der Waals surface area (Å²) >= 11 is 6.03. The van der Waals surface area contributed by atoms with Crippen LogP contribution < -0.4 is 10.6 Å². The highest BCUT2D eigenvalue weighted by atomic mass is 35.5. The van der Waals surface area contributed by atoms with E-state index in [2.05, 4.69) is 15.6 Å². The van der Waals surface area contributed by atoms with Gasteiger partial charge in [-0.05, 0) is 43.2 Å². The van der Waals surface area contributed by atoms with Crippen LogP contribution in [-0.2, 0) is 4.79 Å². The van der Waals surface area contributed by atoms with E-state index >= 15 is 0 Å². The Labute approximate surface area is 161 Å². The summed E-state index contributed by atoms with van der Waals surface area (Å²) in [6, 6.07) is 7.76. The quantitative estimate of drug-likeness (QED) is 0.689. The predicted molar refractivity (Wildman–Crippen MR) is 101 cm³/mol. The van der Waals surface area contributed by atoms with Crippen LogP contribution in [0.3, 0.4) is 0 Å². The van der Waals surface area contributed by atoms with E-state index in [1.165, 1.54) is 6.07 Å². The Morgan fingerprint density at radius 3 is 2.74 bits per heavy atom. The number of rotatable bonds is 5. The summed E-state index contributed by atoms with van der Waals surface area (Å²) in [6.45, 7) is 0.534. The largest absolute Gasteiger partial charge is 0.359 e. The molecule has 8 heteroatoms. The molecule has 1 aromatic heterocycles. The SMILES string of the molecule is O=C(Nc1ccc(Cl)cc1C(=O)c1ccc[nH]1)N[C@H]1CC(=O)N(C2CC2)C1. The fraction of sp³-hybridized carbons (Fsp3) is 0.316. The van der Waals surface area contributed by atoms with Gasteiger partial charge in [0.2, 0.25) is 11.7 Å². The summed E-state index contributed by atoms with van der Waals surface area (Å²) in [7, 11) is 0. The number of carbonyl (C=O) groups excluding carboxylic acids is 3. The smallest absolute Gasteiger partial charge is 0.319 e. The molecule has 2 fully saturated rings. The van der Waals surface area contributed by atoms with Gasteiger partial charge in [0.1, 0.15) is 0 Å². The van der Waals surface area contributed by atoms with Crippen molar-refractivity contribution in [1.82, 2.24) is 15.2 Å². The van der Waals surface area contributed by atoms with E-state index in [-0.39, 0.29) is 17.7 Å². The molecule has 2 aliphatic rings. The van der Waals surface area contributed by atoms with Crippen molar-refractivity contribution in [1.29, 1.82) is 0 Å². The van der Waals surface area contributed by atoms with Gasteiger partial charge in [-0.3, -0.25) is 9.59 Å². The molecule has 1 atom stereocenters. The van der Waals surface area contributed by atoms with Crippen LogP contribution in [0.2, 0.25) is 5.02 Å². The zero-order valence-electron chi connectivity index (χ0n) is 14.5. The van der Waals surface area contributed by atoms with E-state index in [1.807, 2.05) is 4.90 Å². The second kappa shape index (κ2) is 7.08. The second-order valence-corrected chi connectivity index (χ2v) is 7.32. The van der Waals surface area contributed by atoms with E-state index in [1.54, 1.807) is 30.5 Å². The van der Waals surface area contributed by atoms with Crippen molar-refractivity contribution in [3.8, 4) is 0 Å². The zero-order valence-corrected chi connectivity index (χ0v) is 15.3. The van der Waals surface area contributed by atoms with Crippen LogP contribution in [0.5, 0.6) is 0 Å². The number of carbonyl (C=O) groups is 3. The number of ketones is 1. The average molecular weight is 387 g/mol. The van der Waals surface area contributed by atoms with Crippen LogP contribution in [0.15, 0.2) is 36.5 Å². The second-order valence-electron chi connectivity index (χ2n) is 6.88. The van der Waals surface area contributed by atoms with Gasteiger partial charge in [-0.1, -0.05) is 11.6 Å². The number of nitrogens with one attached hydrogen (secondary N) is 3. The Kier molecular flexibility index (Phi) is 4.61. The number of likely N-dealkylation sites (tertiary alicyclic amines) is 1. The molecule has 0 radical (unpaired) electrons. The van der Waals surface area contributed by atoms with Crippen molar-refractivity contribution >= 4 is 35.0 Å². The van der Waals surface area contributed by atoms with Crippen molar-refractivity contribution in [3.63, 3.8) is 0 Å². The third kappa shape index (κ3) is 3.83. The van der Waals surface area contributed by atoms with Gasteiger partial charge in [-0.15, -0.1) is 0 Å². The van der Waals surface area contributed by atoms with Gasteiger partial charge >= 0.3 is 6.03 Å². The molecule has 1 aliphatic heterocycles. The number of H-pyrrole nitrogens is 1. The number of amides is 3. The number of aromatic amines is 1. The molecule has 1 saturated carbocycles. The Bertz CT molecular complexity index is 892. The van der Waals surface area contributed by atoms with Crippen LogP contribution in [0, 0.1) is 0 Å². The van der Waals surface area contributed by atoms with E-state index in [0.29, 0.717) is 41.0 Å². The van der Waals surface area contributed by atoms with Gasteiger partial charge in [-0.2, -0.15) is 0 Å². The van der Waals surface area contributed by atoms with Crippen LogP contribution in [0.4, 0.5) is 10.5 Å². The molecular formula is C19H19ClN4O3. The van der Waals surface area contributed by atoms with Crippen molar-refractivity contribution < 1.29 is 14.4 Å². The summed E-state index contributed by atoms with van der Waals surface area (Å²) in [6.07, 6.45) is 4.04. The minimum Gasteiger partial charge on any atom is -0.359 e. The lowest BCUT2D eigenvalue weighted by atomic mass is 10.1. The minimum atomic E-state index is -0.451. The maximum Gasteiger partial charge on any atom is 0.319 e. The van der Waals surface area contributed by atoms with E-state index in [9.17, 15) is 14.4 Å². The first kappa shape index (κ1) is 17.6. The van der Waals surface area contributed by atoms with E-state index in [4.69, 9.17) is 11.6 Å². The summed E-state index contributed by atoms with van der Waals surface area (Å²) in [4.78, 5) is 41.8. The van der Waals surface area contributed by atoms with E-state index in [0.717, 1.165) is 12.8 Å². The first-order valence-corrected chi connectivity index (χ1v) is 9.23. The number of nitrogens with zero attached hydrogens (tertiary/aromatic N) is 1. The number of halogens is 1. The van der Waals surface area contributed by atoms with E-state index < -0.39 is 6.03 Å². The standard InChI is InChI=1S/C19H19ClN4O3/c20-11-3-6-15(14(8-11)18(26)16-2-1-7-21-16)23-19(27)22-12-9-17(25)24(10-12)13-4-5-13/h1-3,6-8,12-13,21H,4-5,9-10H2,(H2,22,23,27)/t12-/m0/s1. The highest BCUT2D eigenvalue weighted by Crippen LogP contribution is 2.30. The number of anilines is 1. The van der Waals surface area contributed by atoms with Crippen molar-refractivity contribution in [2.75, 3.05) is 11.9 Å². The number of hydrogen-bond acceptors (Lipinski definition) is 3. The molecule has 140 valence electrons. The average Bonchev–Trinajstić information content (AvgIpc) is 3.19. The number of hydrogen-bond donors (Lipinski definition) is 3. The third-order valence-electron chi connectivity index (χ3n) is 4.80. The lowest BCUT2D eigenvalue weighted by Gasteiger charge is -2.17. The van der Waals surface area contributed by atoms with Crippen molar-refractivity contribution in [2.45, 2.75) is 31.3 Å². The molecule has 2 aromatic rings. The Morgan fingerprint density at radius 1 is 1.22 bits per heavy atom. The molecular weight excluding hydrogens is 368 g/mol. The molecule has 7 nitrogen and oxygen atoms in total. The van der Waals surface area contributed by atoms with Crippen LogP contribution in [0.25, 0.3) is 0 Å². The van der Waals surface area contributed by atoms with Gasteiger partial charge < -0.3 is 20.5 Å². The Balaban J connectivity index is 1.45. The summed E-state index contributed by atoms with van der Waals surface area (Å²) in [5.74, 6) is -0.189. The van der Waals surface area contributed by atoms with Gasteiger partial charge in [-0.25, -0.2) is 4.79 Å². The lowest BCUT2D eigenvalue weighted by molar-refractivity contribution is -0.128. The number of urea groups is 1. The molecule has 3 amide bonds. The van der Waals surface area contributed by atoms with Crippen LogP contribution >= 0.6 is 11.6 Å². The zero-order chi connectivity index (χ0) is 19.0. The fourth-order valence-corrected chi connectivity index (χ4v) is 3.51. The molecule has 2 heterocycles. The van der Waals surface area contributed by atoms with Gasteiger partial charge in [0.25, 0.3) is 0 Å². The van der Waals surface area contributed by atoms with Gasteiger partial charge in [0.15, 0.2) is 0 Å². The summed E-state index contributed by atoms with van der Waals surface area (Å²) in [5, 5.41) is 5.93. The lowest BCUT2D eigenvalue weighted by Crippen LogP contribution is -2.40. The molecule has 3 N–H and O–H groups in total. The van der Waals surface area contributed by atoms with Crippen LogP contribution in [0.1, 0.15) is 35.3 Å². The minimum absolute atomic E-state index is 0.0805. The Hall–Kier alpha value is -2.80. The summed E-state index contributed by atoms with van der Waals surface area (Å²) < 4.78 is 0. The Morgan fingerprint density at radius 2 is 2.04 bits per heavy atom. The highest BCUT2D eigenvalue weighted by molar-refractivity contribution is 6.31. The fourth-order valence-electron chi connectivity index (χ4n) is 3.34. The maximum atomic E-state index is 12.7. The maximum absolute atomic E-state index is 12.7. The topological polar surface area (TPSA) is 94.3 Å². The molecule has 4 rings (SSSR count). The molecule has 1 saturated heterocycles. The molecule has 1 aliphatic carbocycles. The summed E-state index contributed by atoms with van der Waals surface area (Å²) in [5.41, 5.74) is 1.06. The normalized spacial score (nSPS) is 19.2. The highest BCUT2D eigenvalue weighted by Gasteiger charge is 2.39. The first-order valence-electron chi connectivity index (χ1n) is 8.86. The molecule has 0 unspecified atom stereocenters. The van der Waals surface area contributed by atoms with Crippen LogP contribution in [-0.4, -0.2) is 46.2 Å². The monoisotopic (exact) mass is 386 g/mol. The van der Waals surface area contributed by atoms with Crippen molar-refractivity contribution in [3.05, 3.63) is 52.8 Å². The predicted octanol–water partition coefficient (Wildman–Crippen LogP) is 2.78. The third-order valence-corrected chi connectivity index (χ3v) is 5.03. The molecule has 27 heavy (non-hydrogen) atoms. The van der Waals surface area contributed by atoms with Gasteiger partial charge in [0.05, 0.1) is 17.4 Å². The number of aromatic nitrogens is 1. The van der Waals surface area contributed by atoms with Gasteiger partial charge in [0, 0.05) is 35.8 Å². The first-order chi connectivity index (χ1) is 13.0. The van der Waals surface area contributed by atoms with Crippen molar-refractivity contribution in [2.24, 2.45) is 0 Å². The molecule has 0 spiro atoms. The molecule has 0 bridgehead atoms. The molecule has 1 aromatic carbocycles.